The summed E-state index contributed by atoms with van der Waals surface area (Å²) in [5.74, 6) is -0.816. The van der Waals surface area contributed by atoms with Crippen molar-refractivity contribution in [2.45, 2.75) is 45.4 Å². The lowest BCUT2D eigenvalue weighted by Gasteiger charge is -2.13. The van der Waals surface area contributed by atoms with Gasteiger partial charge in [0.15, 0.2) is 0 Å². The van der Waals surface area contributed by atoms with Gasteiger partial charge in [0.1, 0.15) is 0 Å². The SMILES string of the molecule is CCc1ccc2nc3c(c(C(=O)O)c2c1)CCCCC3. The fourth-order valence-corrected chi connectivity index (χ4v) is 3.11. The third-order valence-corrected chi connectivity index (χ3v) is 4.20. The molecule has 0 bridgehead atoms. The van der Waals surface area contributed by atoms with E-state index in [4.69, 9.17) is 4.98 Å². The van der Waals surface area contributed by atoms with Crippen molar-refractivity contribution in [2.24, 2.45) is 0 Å². The third kappa shape index (κ3) is 2.17. The van der Waals surface area contributed by atoms with Crippen LogP contribution in [0.2, 0.25) is 0 Å². The van der Waals surface area contributed by atoms with Gasteiger partial charge in [0.25, 0.3) is 0 Å². The number of carboxylic acids is 1. The zero-order valence-electron chi connectivity index (χ0n) is 11.8. The molecule has 1 N–H and O–H groups in total. The highest BCUT2D eigenvalue weighted by atomic mass is 16.4. The molecule has 1 aromatic heterocycles. The van der Waals surface area contributed by atoms with Crippen LogP contribution in [-0.4, -0.2) is 16.1 Å². The van der Waals surface area contributed by atoms with Gasteiger partial charge >= 0.3 is 5.97 Å². The number of hydrogen-bond donors (Lipinski definition) is 1. The second-order valence-electron chi connectivity index (χ2n) is 5.48. The smallest absolute Gasteiger partial charge is 0.336 e. The number of aromatic carboxylic acids is 1. The van der Waals surface area contributed by atoms with Crippen molar-refractivity contribution in [2.75, 3.05) is 0 Å². The Bertz CT molecular complexity index is 676. The minimum Gasteiger partial charge on any atom is -0.478 e. The van der Waals surface area contributed by atoms with Gasteiger partial charge in [0.2, 0.25) is 0 Å². The molecular formula is C17H19NO2. The highest BCUT2D eigenvalue weighted by Gasteiger charge is 2.21. The van der Waals surface area contributed by atoms with Crippen LogP contribution in [0, 0.1) is 0 Å². The minimum atomic E-state index is -0.816. The average Bonchev–Trinajstić information content (AvgIpc) is 2.68. The largest absolute Gasteiger partial charge is 0.478 e. The molecule has 0 spiro atoms. The summed E-state index contributed by atoms with van der Waals surface area (Å²) in [4.78, 5) is 16.5. The van der Waals surface area contributed by atoms with E-state index >= 15 is 0 Å². The zero-order valence-corrected chi connectivity index (χ0v) is 11.8. The van der Waals surface area contributed by atoms with Crippen LogP contribution in [0.3, 0.4) is 0 Å². The number of nitrogens with zero attached hydrogens (tertiary/aromatic N) is 1. The molecule has 104 valence electrons. The summed E-state index contributed by atoms with van der Waals surface area (Å²) >= 11 is 0. The number of fused-ring (bicyclic) bond motifs is 2. The van der Waals surface area contributed by atoms with Crippen molar-refractivity contribution >= 4 is 16.9 Å². The molecule has 0 atom stereocenters. The summed E-state index contributed by atoms with van der Waals surface area (Å²) in [7, 11) is 0. The number of benzene rings is 1. The summed E-state index contributed by atoms with van der Waals surface area (Å²) in [6, 6.07) is 6.01. The van der Waals surface area contributed by atoms with E-state index in [1.54, 1.807) is 0 Å². The number of hydrogen-bond acceptors (Lipinski definition) is 2. The van der Waals surface area contributed by atoms with E-state index in [0.717, 1.165) is 66.2 Å². The average molecular weight is 269 g/mol. The van der Waals surface area contributed by atoms with E-state index in [1.807, 2.05) is 18.2 Å². The molecule has 20 heavy (non-hydrogen) atoms. The van der Waals surface area contributed by atoms with Crippen LogP contribution in [0.15, 0.2) is 18.2 Å². The van der Waals surface area contributed by atoms with E-state index in [-0.39, 0.29) is 0 Å². The molecule has 0 fully saturated rings. The normalized spacial score (nSPS) is 14.8. The maximum absolute atomic E-state index is 11.8. The quantitative estimate of drug-likeness (QED) is 0.844. The van der Waals surface area contributed by atoms with Crippen molar-refractivity contribution < 1.29 is 9.90 Å². The number of aromatic nitrogens is 1. The van der Waals surface area contributed by atoms with Gasteiger partial charge in [-0.25, -0.2) is 4.79 Å². The first-order valence-corrected chi connectivity index (χ1v) is 7.38. The predicted molar refractivity (Wildman–Crippen MR) is 79.3 cm³/mol. The summed E-state index contributed by atoms with van der Waals surface area (Å²) in [6.45, 7) is 2.08. The van der Waals surface area contributed by atoms with Crippen LogP contribution >= 0.6 is 0 Å². The van der Waals surface area contributed by atoms with Crippen LogP contribution in [-0.2, 0) is 19.3 Å². The fourth-order valence-electron chi connectivity index (χ4n) is 3.11. The van der Waals surface area contributed by atoms with Gasteiger partial charge in [-0.15, -0.1) is 0 Å². The fraction of sp³-hybridized carbons (Fsp3) is 0.412. The molecule has 2 aromatic rings. The Morgan fingerprint density at radius 1 is 1.25 bits per heavy atom. The standard InChI is InChI=1S/C17H19NO2/c1-2-11-8-9-15-13(10-11)16(17(19)20)12-6-4-3-5-7-14(12)18-15/h8-10H,2-7H2,1H3,(H,19,20). The number of rotatable bonds is 2. The van der Waals surface area contributed by atoms with E-state index in [1.165, 1.54) is 0 Å². The number of pyridine rings is 1. The van der Waals surface area contributed by atoms with Gasteiger partial charge in [0.05, 0.1) is 11.1 Å². The lowest BCUT2D eigenvalue weighted by molar-refractivity contribution is 0.0697. The van der Waals surface area contributed by atoms with Crippen LogP contribution < -0.4 is 0 Å². The first-order valence-electron chi connectivity index (χ1n) is 7.38. The van der Waals surface area contributed by atoms with Gasteiger partial charge in [-0.3, -0.25) is 4.98 Å². The van der Waals surface area contributed by atoms with Crippen molar-refractivity contribution in [1.29, 1.82) is 0 Å². The Morgan fingerprint density at radius 3 is 2.80 bits per heavy atom. The Morgan fingerprint density at radius 2 is 2.05 bits per heavy atom. The first-order chi connectivity index (χ1) is 9.70. The minimum absolute atomic E-state index is 0.488. The predicted octanol–water partition coefficient (Wildman–Crippen LogP) is 3.76. The van der Waals surface area contributed by atoms with Crippen LogP contribution in [0.4, 0.5) is 0 Å². The van der Waals surface area contributed by atoms with Gasteiger partial charge in [-0.1, -0.05) is 19.4 Å². The Balaban J connectivity index is 2.34. The lowest BCUT2D eigenvalue weighted by Crippen LogP contribution is -2.09. The molecule has 0 amide bonds. The second kappa shape index (κ2) is 5.23. The summed E-state index contributed by atoms with van der Waals surface area (Å²) in [5.41, 5.74) is 4.44. The topological polar surface area (TPSA) is 50.2 Å². The van der Waals surface area contributed by atoms with Gasteiger partial charge in [0, 0.05) is 11.1 Å². The molecule has 1 aliphatic rings. The number of aryl methyl sites for hydroxylation is 2. The molecule has 1 aromatic carbocycles. The van der Waals surface area contributed by atoms with E-state index in [0.29, 0.717) is 5.56 Å². The summed E-state index contributed by atoms with van der Waals surface area (Å²) in [6.07, 6.45) is 5.99. The molecule has 3 rings (SSSR count). The van der Waals surface area contributed by atoms with Crippen LogP contribution in [0.1, 0.15) is 53.4 Å². The van der Waals surface area contributed by atoms with Crippen molar-refractivity contribution in [3.8, 4) is 0 Å². The maximum Gasteiger partial charge on any atom is 0.336 e. The highest BCUT2D eigenvalue weighted by molar-refractivity contribution is 6.04. The Kier molecular flexibility index (Phi) is 3.43. The van der Waals surface area contributed by atoms with Gasteiger partial charge < -0.3 is 5.11 Å². The first kappa shape index (κ1) is 13.1. The van der Waals surface area contributed by atoms with Crippen molar-refractivity contribution in [1.82, 2.24) is 4.98 Å². The Labute approximate surface area is 118 Å². The zero-order chi connectivity index (χ0) is 14.1. The number of carboxylic acid groups (broad SMARTS) is 1. The van der Waals surface area contributed by atoms with Crippen LogP contribution in [0.5, 0.6) is 0 Å². The number of carbonyl (C=O) groups is 1. The Hall–Kier alpha value is -1.90. The molecule has 0 radical (unpaired) electrons. The van der Waals surface area contributed by atoms with Gasteiger partial charge in [-0.05, 0) is 55.4 Å². The molecule has 1 heterocycles. The van der Waals surface area contributed by atoms with Crippen molar-refractivity contribution in [3.63, 3.8) is 0 Å². The molecule has 0 unspecified atom stereocenters. The molecular weight excluding hydrogens is 250 g/mol. The molecule has 3 heteroatoms. The summed E-state index contributed by atoms with van der Waals surface area (Å²) in [5, 5.41) is 10.5. The molecule has 0 aliphatic heterocycles. The van der Waals surface area contributed by atoms with Gasteiger partial charge in [-0.2, -0.15) is 0 Å². The molecule has 3 nitrogen and oxygen atoms in total. The molecule has 0 saturated carbocycles. The van der Waals surface area contributed by atoms with Crippen molar-refractivity contribution in [3.05, 3.63) is 40.6 Å². The monoisotopic (exact) mass is 269 g/mol. The summed E-state index contributed by atoms with van der Waals surface area (Å²) < 4.78 is 0. The third-order valence-electron chi connectivity index (χ3n) is 4.20. The highest BCUT2D eigenvalue weighted by Crippen LogP contribution is 2.29. The lowest BCUT2D eigenvalue weighted by atomic mass is 9.96. The molecule has 1 aliphatic carbocycles. The maximum atomic E-state index is 11.8. The van der Waals surface area contributed by atoms with E-state index in [2.05, 4.69) is 6.92 Å². The van der Waals surface area contributed by atoms with E-state index in [9.17, 15) is 9.90 Å². The second-order valence-corrected chi connectivity index (χ2v) is 5.48. The molecule has 0 saturated heterocycles. The van der Waals surface area contributed by atoms with Crippen LogP contribution in [0.25, 0.3) is 10.9 Å². The van der Waals surface area contributed by atoms with E-state index < -0.39 is 5.97 Å².